The summed E-state index contributed by atoms with van der Waals surface area (Å²) in [5.41, 5.74) is 1.93. The quantitative estimate of drug-likeness (QED) is 0.546. The minimum absolute atomic E-state index is 0.0664. The molecule has 0 radical (unpaired) electrons. The van der Waals surface area contributed by atoms with Gasteiger partial charge in [0, 0.05) is 6.42 Å². The number of Topliss-reactive ketones (excluding diaryl/α,β-unsaturated/α-hetero) is 1. The Morgan fingerprint density at radius 3 is 2.43 bits per heavy atom. The molecule has 114 valence electrons. The maximum atomic E-state index is 12.2. The van der Waals surface area contributed by atoms with Crippen molar-refractivity contribution in [1.82, 2.24) is 0 Å². The minimum Gasteiger partial charge on any atom is -0.298 e. The fraction of sp³-hybridized carbons (Fsp3) is 0.579. The van der Waals surface area contributed by atoms with Crippen LogP contribution in [0, 0.1) is 18.3 Å². The van der Waals surface area contributed by atoms with E-state index in [0.717, 1.165) is 24.0 Å². The van der Waals surface area contributed by atoms with Gasteiger partial charge in [-0.2, -0.15) is 5.26 Å². The molecule has 0 fully saturated rings. The summed E-state index contributed by atoms with van der Waals surface area (Å²) < 4.78 is 0. The molecule has 0 spiro atoms. The summed E-state index contributed by atoms with van der Waals surface area (Å²) in [7, 11) is 0. The first-order valence-corrected chi connectivity index (χ1v) is 8.18. The van der Waals surface area contributed by atoms with E-state index in [1.54, 1.807) is 0 Å². The van der Waals surface area contributed by atoms with Crippen LogP contribution in [0.1, 0.15) is 75.3 Å². The molecule has 1 atom stereocenters. The topological polar surface area (TPSA) is 40.9 Å². The van der Waals surface area contributed by atoms with Crippen molar-refractivity contribution in [3.8, 4) is 6.07 Å². The molecule has 0 aromatic heterocycles. The summed E-state index contributed by atoms with van der Waals surface area (Å²) in [5, 5.41) is 9.27. The number of carbonyl (C=O) groups excluding carboxylic acids is 1. The normalized spacial score (nSPS) is 11.9. The van der Waals surface area contributed by atoms with E-state index in [-0.39, 0.29) is 5.78 Å². The van der Waals surface area contributed by atoms with Gasteiger partial charge in [0.2, 0.25) is 0 Å². The highest BCUT2D eigenvalue weighted by atomic mass is 16.1. The molecule has 0 heterocycles. The van der Waals surface area contributed by atoms with Gasteiger partial charge in [0.25, 0.3) is 0 Å². The lowest BCUT2D eigenvalue weighted by Crippen LogP contribution is -2.10. The van der Waals surface area contributed by atoms with E-state index in [4.69, 9.17) is 0 Å². The van der Waals surface area contributed by atoms with Crippen LogP contribution in [0.15, 0.2) is 24.3 Å². The fourth-order valence-corrected chi connectivity index (χ4v) is 2.58. The fourth-order valence-electron chi connectivity index (χ4n) is 2.58. The second-order valence-electron chi connectivity index (χ2n) is 5.81. The van der Waals surface area contributed by atoms with E-state index in [0.29, 0.717) is 6.42 Å². The smallest absolute Gasteiger partial charge is 0.154 e. The van der Waals surface area contributed by atoms with Gasteiger partial charge in [-0.15, -0.1) is 0 Å². The van der Waals surface area contributed by atoms with Gasteiger partial charge in [-0.1, -0.05) is 75.3 Å². The monoisotopic (exact) mass is 285 g/mol. The zero-order chi connectivity index (χ0) is 15.5. The maximum Gasteiger partial charge on any atom is 0.154 e. The SMILES string of the molecule is CCCCCCCCCC(=O)C(C#N)c1cccc(C)c1. The summed E-state index contributed by atoms with van der Waals surface area (Å²) >= 11 is 0. The highest BCUT2D eigenvalue weighted by Crippen LogP contribution is 2.20. The van der Waals surface area contributed by atoms with E-state index in [1.807, 2.05) is 31.2 Å². The summed E-state index contributed by atoms with van der Waals surface area (Å²) in [6, 6.07) is 9.88. The van der Waals surface area contributed by atoms with Crippen molar-refractivity contribution in [2.24, 2.45) is 0 Å². The van der Waals surface area contributed by atoms with Crippen molar-refractivity contribution < 1.29 is 4.79 Å². The number of hydrogen-bond acceptors (Lipinski definition) is 2. The molecule has 1 aromatic carbocycles. The number of ketones is 1. The largest absolute Gasteiger partial charge is 0.298 e. The van der Waals surface area contributed by atoms with Gasteiger partial charge < -0.3 is 0 Å². The molecule has 0 aliphatic heterocycles. The molecule has 0 saturated heterocycles. The Morgan fingerprint density at radius 2 is 1.81 bits per heavy atom. The highest BCUT2D eigenvalue weighted by Gasteiger charge is 2.19. The Bertz CT molecular complexity index is 473. The molecule has 1 aromatic rings. The summed E-state index contributed by atoms with van der Waals surface area (Å²) in [5.74, 6) is -0.526. The average Bonchev–Trinajstić information content (AvgIpc) is 2.47. The summed E-state index contributed by atoms with van der Waals surface area (Å²) in [6.07, 6.45) is 8.88. The number of rotatable bonds is 10. The first-order chi connectivity index (χ1) is 10.2. The van der Waals surface area contributed by atoms with Gasteiger partial charge in [-0.05, 0) is 18.9 Å². The van der Waals surface area contributed by atoms with Gasteiger partial charge >= 0.3 is 0 Å². The van der Waals surface area contributed by atoms with Crippen LogP contribution in [0.25, 0.3) is 0 Å². The summed E-state index contributed by atoms with van der Waals surface area (Å²) in [4.78, 5) is 12.2. The van der Waals surface area contributed by atoms with Crippen LogP contribution in [-0.4, -0.2) is 5.78 Å². The van der Waals surface area contributed by atoms with Crippen molar-refractivity contribution in [1.29, 1.82) is 5.26 Å². The first kappa shape index (κ1) is 17.4. The number of nitriles is 1. The van der Waals surface area contributed by atoms with Gasteiger partial charge in [0.1, 0.15) is 5.92 Å². The molecule has 0 amide bonds. The molecule has 2 heteroatoms. The molecule has 0 N–H and O–H groups in total. The van der Waals surface area contributed by atoms with Gasteiger partial charge in [0.15, 0.2) is 5.78 Å². The van der Waals surface area contributed by atoms with E-state index < -0.39 is 5.92 Å². The molecule has 1 unspecified atom stereocenters. The number of nitrogens with zero attached hydrogens (tertiary/aromatic N) is 1. The van der Waals surface area contributed by atoms with Crippen molar-refractivity contribution in [2.75, 3.05) is 0 Å². The van der Waals surface area contributed by atoms with Crippen molar-refractivity contribution in [3.05, 3.63) is 35.4 Å². The lowest BCUT2D eigenvalue weighted by Gasteiger charge is -2.09. The standard InChI is InChI=1S/C19H27NO/c1-3-4-5-6-7-8-9-13-19(21)18(15-20)17-12-10-11-16(2)14-17/h10-12,14,18H,3-9,13H2,1-2H3. The van der Waals surface area contributed by atoms with Crippen molar-refractivity contribution >= 4 is 5.78 Å². The predicted octanol–water partition coefficient (Wildman–Crippen LogP) is 5.31. The Kier molecular flexibility index (Phi) is 8.43. The molecular weight excluding hydrogens is 258 g/mol. The molecule has 0 saturated carbocycles. The molecule has 1 rings (SSSR count). The lowest BCUT2D eigenvalue weighted by molar-refractivity contribution is -0.119. The maximum absolute atomic E-state index is 12.2. The molecule has 0 bridgehead atoms. The number of carbonyl (C=O) groups is 1. The molecule has 2 nitrogen and oxygen atoms in total. The van der Waals surface area contributed by atoms with Crippen LogP contribution in [0.3, 0.4) is 0 Å². The van der Waals surface area contributed by atoms with Crippen molar-refractivity contribution in [3.63, 3.8) is 0 Å². The second-order valence-corrected chi connectivity index (χ2v) is 5.81. The Morgan fingerprint density at radius 1 is 1.14 bits per heavy atom. The van der Waals surface area contributed by atoms with Gasteiger partial charge in [0.05, 0.1) is 6.07 Å². The Labute approximate surface area is 129 Å². The molecular formula is C19H27NO. The first-order valence-electron chi connectivity index (χ1n) is 8.18. The third-order valence-electron chi connectivity index (χ3n) is 3.85. The number of benzene rings is 1. The average molecular weight is 285 g/mol. The Hall–Kier alpha value is -1.62. The second kappa shape index (κ2) is 10.2. The number of unbranched alkanes of at least 4 members (excludes halogenated alkanes) is 6. The number of hydrogen-bond donors (Lipinski definition) is 0. The zero-order valence-corrected chi connectivity index (χ0v) is 13.4. The Balaban J connectivity index is 2.34. The zero-order valence-electron chi connectivity index (χ0n) is 13.4. The van der Waals surface area contributed by atoms with E-state index in [1.165, 1.54) is 32.1 Å². The minimum atomic E-state index is -0.593. The van der Waals surface area contributed by atoms with Crippen molar-refractivity contribution in [2.45, 2.75) is 71.1 Å². The van der Waals surface area contributed by atoms with Gasteiger partial charge in [-0.3, -0.25) is 4.79 Å². The molecule has 0 aliphatic rings. The number of aryl methyl sites for hydroxylation is 1. The molecule has 0 aliphatic carbocycles. The van der Waals surface area contributed by atoms with E-state index in [9.17, 15) is 10.1 Å². The van der Waals surface area contributed by atoms with Crippen LogP contribution < -0.4 is 0 Å². The van der Waals surface area contributed by atoms with Crippen LogP contribution >= 0.6 is 0 Å². The van der Waals surface area contributed by atoms with Crippen LogP contribution in [0.2, 0.25) is 0 Å². The lowest BCUT2D eigenvalue weighted by atomic mass is 9.92. The molecule has 21 heavy (non-hydrogen) atoms. The van der Waals surface area contributed by atoms with Crippen LogP contribution in [-0.2, 0) is 4.79 Å². The highest BCUT2D eigenvalue weighted by molar-refractivity contribution is 5.88. The predicted molar refractivity (Wildman–Crippen MR) is 87.2 cm³/mol. The van der Waals surface area contributed by atoms with E-state index >= 15 is 0 Å². The van der Waals surface area contributed by atoms with E-state index in [2.05, 4.69) is 13.0 Å². The van der Waals surface area contributed by atoms with Crippen LogP contribution in [0.5, 0.6) is 0 Å². The van der Waals surface area contributed by atoms with Crippen LogP contribution in [0.4, 0.5) is 0 Å². The third-order valence-corrected chi connectivity index (χ3v) is 3.85. The summed E-state index contributed by atoms with van der Waals surface area (Å²) in [6.45, 7) is 4.20. The van der Waals surface area contributed by atoms with Gasteiger partial charge in [-0.25, -0.2) is 0 Å². The third kappa shape index (κ3) is 6.58.